The molecule has 0 radical (unpaired) electrons. The molecule has 0 N–H and O–H groups in total. The minimum absolute atomic E-state index is 0.133. The number of carbonyl (C=O) groups is 1. The lowest BCUT2D eigenvalue weighted by molar-refractivity contribution is -0.139. The SMILES string of the molecule is C=CCN(CC=C)C(=O)C(C)(C)CCCOc1cc(C)ccc1C. The van der Waals surface area contributed by atoms with E-state index in [0.29, 0.717) is 19.7 Å². The quantitative estimate of drug-likeness (QED) is 0.460. The van der Waals surface area contributed by atoms with Gasteiger partial charge in [0.1, 0.15) is 5.75 Å². The first-order chi connectivity index (χ1) is 11.3. The molecule has 1 aromatic carbocycles. The number of rotatable bonds is 10. The number of nitrogens with zero attached hydrogens (tertiary/aromatic N) is 1. The molecule has 3 nitrogen and oxygen atoms in total. The maximum atomic E-state index is 12.7. The molecule has 132 valence electrons. The first-order valence-corrected chi connectivity index (χ1v) is 8.53. The van der Waals surface area contributed by atoms with Crippen molar-refractivity contribution in [3.63, 3.8) is 0 Å². The van der Waals surface area contributed by atoms with Gasteiger partial charge in [0.05, 0.1) is 6.61 Å². The molecule has 0 heterocycles. The predicted octanol–water partition coefficient (Wildman–Crippen LogP) is 4.69. The molecular formula is C21H31NO2. The summed E-state index contributed by atoms with van der Waals surface area (Å²) in [5, 5.41) is 0. The third kappa shape index (κ3) is 5.88. The van der Waals surface area contributed by atoms with Gasteiger partial charge < -0.3 is 9.64 Å². The number of hydrogen-bond donors (Lipinski definition) is 0. The third-order valence-electron chi connectivity index (χ3n) is 4.11. The van der Waals surface area contributed by atoms with Gasteiger partial charge in [0.25, 0.3) is 0 Å². The molecule has 1 aromatic rings. The van der Waals surface area contributed by atoms with Crippen LogP contribution >= 0.6 is 0 Å². The van der Waals surface area contributed by atoms with Gasteiger partial charge in [0, 0.05) is 18.5 Å². The Balaban J connectivity index is 2.54. The molecule has 0 fully saturated rings. The fourth-order valence-corrected chi connectivity index (χ4v) is 2.65. The van der Waals surface area contributed by atoms with Crippen LogP contribution in [0.15, 0.2) is 43.5 Å². The molecule has 24 heavy (non-hydrogen) atoms. The lowest BCUT2D eigenvalue weighted by Crippen LogP contribution is -2.41. The van der Waals surface area contributed by atoms with Crippen LogP contribution in [-0.4, -0.2) is 30.5 Å². The van der Waals surface area contributed by atoms with Crippen molar-refractivity contribution in [2.75, 3.05) is 19.7 Å². The normalized spacial score (nSPS) is 11.0. The smallest absolute Gasteiger partial charge is 0.228 e. The van der Waals surface area contributed by atoms with Gasteiger partial charge in [0.15, 0.2) is 0 Å². The largest absolute Gasteiger partial charge is 0.493 e. The Hall–Kier alpha value is -2.03. The highest BCUT2D eigenvalue weighted by atomic mass is 16.5. The van der Waals surface area contributed by atoms with Gasteiger partial charge in [-0.1, -0.05) is 38.1 Å². The zero-order chi connectivity index (χ0) is 18.2. The van der Waals surface area contributed by atoms with Crippen LogP contribution in [0.4, 0.5) is 0 Å². The van der Waals surface area contributed by atoms with E-state index >= 15 is 0 Å². The van der Waals surface area contributed by atoms with Crippen LogP contribution in [0.25, 0.3) is 0 Å². The van der Waals surface area contributed by atoms with Gasteiger partial charge in [-0.05, 0) is 43.9 Å². The molecule has 0 aliphatic heterocycles. The molecule has 0 saturated heterocycles. The standard InChI is InChI=1S/C21H31NO2/c1-7-13-22(14-8-2)20(23)21(5,6)12-9-15-24-19-16-17(3)10-11-18(19)4/h7-8,10-11,16H,1-2,9,12-15H2,3-6H3. The minimum Gasteiger partial charge on any atom is -0.493 e. The second-order valence-electron chi connectivity index (χ2n) is 6.89. The molecule has 0 bridgehead atoms. The zero-order valence-electron chi connectivity index (χ0n) is 15.6. The van der Waals surface area contributed by atoms with E-state index in [1.807, 2.05) is 20.8 Å². The highest BCUT2D eigenvalue weighted by molar-refractivity contribution is 5.82. The monoisotopic (exact) mass is 329 g/mol. The molecular weight excluding hydrogens is 298 g/mol. The molecule has 0 aliphatic carbocycles. The fourth-order valence-electron chi connectivity index (χ4n) is 2.65. The van der Waals surface area contributed by atoms with Gasteiger partial charge in [-0.15, -0.1) is 13.2 Å². The van der Waals surface area contributed by atoms with Crippen molar-refractivity contribution in [1.82, 2.24) is 4.90 Å². The van der Waals surface area contributed by atoms with Crippen molar-refractivity contribution in [3.8, 4) is 5.75 Å². The van der Waals surface area contributed by atoms with E-state index in [-0.39, 0.29) is 5.91 Å². The summed E-state index contributed by atoms with van der Waals surface area (Å²) >= 11 is 0. The first-order valence-electron chi connectivity index (χ1n) is 8.53. The van der Waals surface area contributed by atoms with E-state index in [9.17, 15) is 4.79 Å². The summed E-state index contributed by atoms with van der Waals surface area (Å²) in [5.74, 6) is 1.06. The van der Waals surface area contributed by atoms with Gasteiger partial charge in [-0.25, -0.2) is 0 Å². The number of carbonyl (C=O) groups excluding carboxylic acids is 1. The number of ether oxygens (including phenoxy) is 1. The number of hydrogen-bond acceptors (Lipinski definition) is 2. The van der Waals surface area contributed by atoms with Crippen LogP contribution in [0.5, 0.6) is 5.75 Å². The molecule has 0 saturated carbocycles. The second kappa shape index (κ2) is 9.31. The second-order valence-corrected chi connectivity index (χ2v) is 6.89. The number of benzene rings is 1. The van der Waals surface area contributed by atoms with Crippen LogP contribution in [0.3, 0.4) is 0 Å². The zero-order valence-corrected chi connectivity index (χ0v) is 15.6. The molecule has 1 rings (SSSR count). The maximum absolute atomic E-state index is 12.7. The molecule has 1 amide bonds. The Bertz CT molecular complexity index is 565. The predicted molar refractivity (Wildman–Crippen MR) is 101 cm³/mol. The van der Waals surface area contributed by atoms with E-state index in [4.69, 9.17) is 4.74 Å². The molecule has 0 spiro atoms. The van der Waals surface area contributed by atoms with Gasteiger partial charge in [-0.2, -0.15) is 0 Å². The molecule has 0 aliphatic rings. The highest BCUT2D eigenvalue weighted by Gasteiger charge is 2.30. The molecule has 0 atom stereocenters. The van der Waals surface area contributed by atoms with Crippen LogP contribution in [-0.2, 0) is 4.79 Å². The van der Waals surface area contributed by atoms with Crippen LogP contribution in [0.2, 0.25) is 0 Å². The van der Waals surface area contributed by atoms with Crippen molar-refractivity contribution in [3.05, 3.63) is 54.6 Å². The number of amides is 1. The third-order valence-corrected chi connectivity index (χ3v) is 4.11. The van der Waals surface area contributed by atoms with E-state index in [2.05, 4.69) is 38.3 Å². The Morgan fingerprint density at radius 2 is 1.83 bits per heavy atom. The van der Waals surface area contributed by atoms with Crippen molar-refractivity contribution in [1.29, 1.82) is 0 Å². The maximum Gasteiger partial charge on any atom is 0.228 e. The van der Waals surface area contributed by atoms with Gasteiger partial charge in [-0.3, -0.25) is 4.79 Å². The summed E-state index contributed by atoms with van der Waals surface area (Å²) in [6.45, 7) is 17.2. The van der Waals surface area contributed by atoms with E-state index < -0.39 is 5.41 Å². The summed E-state index contributed by atoms with van der Waals surface area (Å²) in [4.78, 5) is 14.5. The average molecular weight is 329 g/mol. The molecule has 0 unspecified atom stereocenters. The van der Waals surface area contributed by atoms with Crippen molar-refractivity contribution in [2.45, 2.75) is 40.5 Å². The summed E-state index contributed by atoms with van der Waals surface area (Å²) < 4.78 is 5.89. The Labute approximate surface area is 147 Å². The van der Waals surface area contributed by atoms with Crippen LogP contribution in [0, 0.1) is 19.3 Å². The lowest BCUT2D eigenvalue weighted by Gasteiger charge is -2.30. The van der Waals surface area contributed by atoms with Crippen LogP contribution in [0.1, 0.15) is 37.8 Å². The Kier molecular flexibility index (Phi) is 7.76. The fraction of sp³-hybridized carbons (Fsp3) is 0.476. The molecule has 0 aromatic heterocycles. The Morgan fingerprint density at radius 3 is 2.42 bits per heavy atom. The van der Waals surface area contributed by atoms with Gasteiger partial charge >= 0.3 is 0 Å². The van der Waals surface area contributed by atoms with E-state index in [1.165, 1.54) is 5.56 Å². The highest BCUT2D eigenvalue weighted by Crippen LogP contribution is 2.26. The van der Waals surface area contributed by atoms with E-state index in [0.717, 1.165) is 24.2 Å². The summed E-state index contributed by atoms with van der Waals surface area (Å²) in [6, 6.07) is 6.21. The van der Waals surface area contributed by atoms with Gasteiger partial charge in [0.2, 0.25) is 5.91 Å². The van der Waals surface area contributed by atoms with Crippen molar-refractivity contribution >= 4 is 5.91 Å². The summed E-state index contributed by atoms with van der Waals surface area (Å²) in [6.07, 6.45) is 5.12. The Morgan fingerprint density at radius 1 is 1.21 bits per heavy atom. The number of aryl methyl sites for hydroxylation is 2. The minimum atomic E-state index is -0.420. The first kappa shape index (κ1) is 20.0. The van der Waals surface area contributed by atoms with Crippen LogP contribution < -0.4 is 4.74 Å². The lowest BCUT2D eigenvalue weighted by atomic mass is 9.86. The van der Waals surface area contributed by atoms with Crippen molar-refractivity contribution in [2.24, 2.45) is 5.41 Å². The summed E-state index contributed by atoms with van der Waals surface area (Å²) in [5.41, 5.74) is 1.91. The average Bonchev–Trinajstić information content (AvgIpc) is 2.53. The topological polar surface area (TPSA) is 29.5 Å². The summed E-state index contributed by atoms with van der Waals surface area (Å²) in [7, 11) is 0. The van der Waals surface area contributed by atoms with Crippen molar-refractivity contribution < 1.29 is 9.53 Å². The van der Waals surface area contributed by atoms with E-state index in [1.54, 1.807) is 17.1 Å². The molecule has 3 heteroatoms.